The minimum absolute atomic E-state index is 0.00209. The van der Waals surface area contributed by atoms with Gasteiger partial charge in [-0.05, 0) is 50.4 Å². The van der Waals surface area contributed by atoms with Gasteiger partial charge in [-0.2, -0.15) is 0 Å². The monoisotopic (exact) mass is 386 g/mol. The lowest BCUT2D eigenvalue weighted by atomic mass is 10.2. The number of nitro groups is 1. The zero-order valence-electron chi connectivity index (χ0n) is 15.4. The van der Waals surface area contributed by atoms with E-state index in [1.165, 1.54) is 24.3 Å². The average Bonchev–Trinajstić information content (AvgIpc) is 3.19. The molecule has 0 saturated carbocycles. The minimum atomic E-state index is -0.464. The van der Waals surface area contributed by atoms with E-state index in [4.69, 9.17) is 9.15 Å². The number of hydrogen-bond acceptors (Lipinski definition) is 7. The van der Waals surface area contributed by atoms with Crippen LogP contribution in [0.3, 0.4) is 0 Å². The van der Waals surface area contributed by atoms with Gasteiger partial charge in [0.15, 0.2) is 0 Å². The van der Waals surface area contributed by atoms with Gasteiger partial charge in [-0.1, -0.05) is 0 Å². The molecule has 0 spiro atoms. The number of benzene rings is 2. The Morgan fingerprint density at radius 2 is 1.86 bits per heavy atom. The zero-order chi connectivity index (χ0) is 20.1. The van der Waals surface area contributed by atoms with E-state index < -0.39 is 4.92 Å². The summed E-state index contributed by atoms with van der Waals surface area (Å²) in [6.07, 6.45) is 0. The number of rotatable bonds is 8. The first kappa shape index (κ1) is 19.4. The SMILES string of the molecule is CC(c1nnc(-c2ccc([N+](=O)[O-])cc2)o1)N(C)CCOc1ccc(F)cc1. The summed E-state index contributed by atoms with van der Waals surface area (Å²) in [4.78, 5) is 12.2. The van der Waals surface area contributed by atoms with Crippen molar-refractivity contribution in [2.75, 3.05) is 20.2 Å². The van der Waals surface area contributed by atoms with E-state index in [2.05, 4.69) is 10.2 Å². The van der Waals surface area contributed by atoms with Crippen LogP contribution in [0.5, 0.6) is 5.75 Å². The maximum Gasteiger partial charge on any atom is 0.269 e. The van der Waals surface area contributed by atoms with E-state index in [0.717, 1.165) is 0 Å². The maximum absolute atomic E-state index is 12.9. The average molecular weight is 386 g/mol. The van der Waals surface area contributed by atoms with Crippen LogP contribution in [0.1, 0.15) is 18.9 Å². The number of aromatic nitrogens is 2. The fraction of sp³-hybridized carbons (Fsp3) is 0.263. The van der Waals surface area contributed by atoms with Gasteiger partial charge in [0.05, 0.1) is 11.0 Å². The van der Waals surface area contributed by atoms with Crippen LogP contribution in [0.4, 0.5) is 10.1 Å². The molecule has 1 unspecified atom stereocenters. The summed E-state index contributed by atoms with van der Waals surface area (Å²) >= 11 is 0. The van der Waals surface area contributed by atoms with Crippen molar-refractivity contribution in [2.24, 2.45) is 0 Å². The molecule has 9 heteroatoms. The molecule has 1 aromatic heterocycles. The van der Waals surface area contributed by atoms with E-state index in [9.17, 15) is 14.5 Å². The molecule has 8 nitrogen and oxygen atoms in total. The number of non-ortho nitro benzene ring substituents is 1. The second kappa shape index (κ2) is 8.57. The second-order valence-electron chi connectivity index (χ2n) is 6.21. The van der Waals surface area contributed by atoms with E-state index in [-0.39, 0.29) is 17.5 Å². The molecule has 0 fully saturated rings. The van der Waals surface area contributed by atoms with E-state index >= 15 is 0 Å². The quantitative estimate of drug-likeness (QED) is 0.428. The lowest BCUT2D eigenvalue weighted by Gasteiger charge is -2.21. The Labute approximate surface area is 160 Å². The van der Waals surface area contributed by atoms with Crippen LogP contribution in [-0.2, 0) is 0 Å². The summed E-state index contributed by atoms with van der Waals surface area (Å²) < 4.78 is 24.2. The fourth-order valence-electron chi connectivity index (χ4n) is 2.47. The molecular weight excluding hydrogens is 367 g/mol. The van der Waals surface area contributed by atoms with Gasteiger partial charge in [-0.3, -0.25) is 15.0 Å². The van der Waals surface area contributed by atoms with Gasteiger partial charge in [0.25, 0.3) is 5.69 Å². The molecule has 1 atom stereocenters. The molecule has 0 amide bonds. The lowest BCUT2D eigenvalue weighted by Crippen LogP contribution is -2.27. The van der Waals surface area contributed by atoms with Crippen molar-refractivity contribution in [2.45, 2.75) is 13.0 Å². The molecule has 2 aromatic carbocycles. The van der Waals surface area contributed by atoms with E-state index in [1.807, 2.05) is 18.9 Å². The standard InChI is InChI=1S/C19H19FN4O4/c1-13(23(2)11-12-27-17-9-5-15(20)6-10-17)18-21-22-19(28-18)14-3-7-16(8-4-14)24(25)26/h3-10,13H,11-12H2,1-2H3. The molecule has 0 radical (unpaired) electrons. The molecule has 0 aliphatic heterocycles. The highest BCUT2D eigenvalue weighted by atomic mass is 19.1. The van der Waals surface area contributed by atoms with Gasteiger partial charge in [-0.15, -0.1) is 10.2 Å². The molecule has 3 aromatic rings. The summed E-state index contributed by atoms with van der Waals surface area (Å²) in [5.74, 6) is 1.02. The highest BCUT2D eigenvalue weighted by Crippen LogP contribution is 2.24. The fourth-order valence-corrected chi connectivity index (χ4v) is 2.47. The van der Waals surface area contributed by atoms with Crippen LogP contribution in [0.25, 0.3) is 11.5 Å². The Morgan fingerprint density at radius 3 is 2.50 bits per heavy atom. The van der Waals surface area contributed by atoms with Crippen molar-refractivity contribution in [3.05, 3.63) is 70.4 Å². The summed E-state index contributed by atoms with van der Waals surface area (Å²) in [7, 11) is 1.90. The second-order valence-corrected chi connectivity index (χ2v) is 6.21. The van der Waals surface area contributed by atoms with Crippen LogP contribution < -0.4 is 4.74 Å². The smallest absolute Gasteiger partial charge is 0.269 e. The third-order valence-electron chi connectivity index (χ3n) is 4.31. The van der Waals surface area contributed by atoms with Crippen molar-refractivity contribution in [3.63, 3.8) is 0 Å². The van der Waals surface area contributed by atoms with Crippen LogP contribution in [0.15, 0.2) is 52.9 Å². The number of nitro benzene ring substituents is 1. The lowest BCUT2D eigenvalue weighted by molar-refractivity contribution is -0.384. The van der Waals surface area contributed by atoms with Crippen molar-refractivity contribution in [1.82, 2.24) is 15.1 Å². The van der Waals surface area contributed by atoms with Gasteiger partial charge in [0.2, 0.25) is 11.8 Å². The molecule has 1 heterocycles. The molecule has 0 aliphatic rings. The first-order valence-corrected chi connectivity index (χ1v) is 8.61. The summed E-state index contributed by atoms with van der Waals surface area (Å²) in [6.45, 7) is 2.93. The first-order chi connectivity index (χ1) is 13.4. The topological polar surface area (TPSA) is 94.5 Å². The van der Waals surface area contributed by atoms with Gasteiger partial charge in [0.1, 0.15) is 18.2 Å². The largest absolute Gasteiger partial charge is 0.492 e. The predicted octanol–water partition coefficient (Wildman–Crippen LogP) is 3.86. The van der Waals surface area contributed by atoms with Gasteiger partial charge in [-0.25, -0.2) is 4.39 Å². The van der Waals surface area contributed by atoms with Crippen LogP contribution in [0.2, 0.25) is 0 Å². The number of likely N-dealkylation sites (N-methyl/N-ethyl adjacent to an activating group) is 1. The Kier molecular flexibility index (Phi) is 5.95. The van der Waals surface area contributed by atoms with Crippen molar-refractivity contribution < 1.29 is 18.5 Å². The van der Waals surface area contributed by atoms with Crippen molar-refractivity contribution >= 4 is 5.69 Å². The predicted molar refractivity (Wildman–Crippen MR) is 99.3 cm³/mol. The highest BCUT2D eigenvalue weighted by Gasteiger charge is 2.19. The molecule has 0 bridgehead atoms. The third kappa shape index (κ3) is 4.68. The van der Waals surface area contributed by atoms with Crippen molar-refractivity contribution in [1.29, 1.82) is 0 Å². The van der Waals surface area contributed by atoms with E-state index in [0.29, 0.717) is 36.2 Å². The molecule has 3 rings (SSSR count). The summed E-state index contributed by atoms with van der Waals surface area (Å²) in [5.41, 5.74) is 0.608. The molecule has 0 aliphatic carbocycles. The Balaban J connectivity index is 1.57. The molecule has 0 N–H and O–H groups in total. The van der Waals surface area contributed by atoms with Crippen LogP contribution in [-0.4, -0.2) is 40.2 Å². The number of nitrogens with zero attached hydrogens (tertiary/aromatic N) is 4. The third-order valence-corrected chi connectivity index (χ3v) is 4.31. The van der Waals surface area contributed by atoms with Gasteiger partial charge >= 0.3 is 0 Å². The van der Waals surface area contributed by atoms with Gasteiger partial charge in [0, 0.05) is 24.2 Å². The molecule has 146 valence electrons. The Bertz CT molecular complexity index is 928. The van der Waals surface area contributed by atoms with E-state index in [1.54, 1.807) is 24.3 Å². The molecular formula is C19H19FN4O4. The Morgan fingerprint density at radius 1 is 1.18 bits per heavy atom. The highest BCUT2D eigenvalue weighted by molar-refractivity contribution is 5.55. The Hall–Kier alpha value is -3.33. The normalized spacial score (nSPS) is 12.1. The van der Waals surface area contributed by atoms with Crippen LogP contribution >= 0.6 is 0 Å². The number of halogens is 1. The summed E-state index contributed by atoms with van der Waals surface area (Å²) in [6, 6.07) is 11.6. The molecule has 28 heavy (non-hydrogen) atoms. The first-order valence-electron chi connectivity index (χ1n) is 8.61. The molecule has 0 saturated heterocycles. The minimum Gasteiger partial charge on any atom is -0.492 e. The number of hydrogen-bond donors (Lipinski definition) is 0. The zero-order valence-corrected chi connectivity index (χ0v) is 15.4. The number of ether oxygens (including phenoxy) is 1. The van der Waals surface area contributed by atoms with Crippen molar-refractivity contribution in [3.8, 4) is 17.2 Å². The summed E-state index contributed by atoms with van der Waals surface area (Å²) in [5, 5.41) is 18.8. The maximum atomic E-state index is 12.9. The van der Waals surface area contributed by atoms with Crippen LogP contribution in [0, 0.1) is 15.9 Å². The van der Waals surface area contributed by atoms with Gasteiger partial charge < -0.3 is 9.15 Å².